The molecular weight excluding hydrogens is 629 g/mol. The third-order valence-electron chi connectivity index (χ3n) is 13.2. The van der Waals surface area contributed by atoms with E-state index in [2.05, 4.69) is 20.8 Å². The summed E-state index contributed by atoms with van der Waals surface area (Å²) in [4.78, 5) is 33.0. The molecule has 1 aromatic rings. The molecule has 1 aromatic carbocycles. The fourth-order valence-corrected chi connectivity index (χ4v) is 10.0. The summed E-state index contributed by atoms with van der Waals surface area (Å²) in [5, 5.41) is 10.1. The van der Waals surface area contributed by atoms with Gasteiger partial charge in [0.15, 0.2) is 5.72 Å². The normalized spacial score (nSPS) is 35.0. The molecule has 0 aromatic heterocycles. The third-order valence-corrected chi connectivity index (χ3v) is 13.2. The van der Waals surface area contributed by atoms with Gasteiger partial charge in [0, 0.05) is 44.4 Å². The van der Waals surface area contributed by atoms with Gasteiger partial charge in [-0.3, -0.25) is 14.6 Å². The number of hydrogen-bond donors (Lipinski definition) is 0. The van der Waals surface area contributed by atoms with Crippen molar-refractivity contribution >= 4 is 19.1 Å². The second-order valence-corrected chi connectivity index (χ2v) is 16.8. The minimum atomic E-state index is -2.81. The van der Waals surface area contributed by atoms with Gasteiger partial charge in [-0.2, -0.15) is 5.26 Å². The van der Waals surface area contributed by atoms with Gasteiger partial charge in [-0.1, -0.05) is 44.2 Å². The number of benzene rings is 1. The number of halogens is 2. The number of rotatable bonds is 8. The number of nitriles is 1. The lowest BCUT2D eigenvalue weighted by Crippen LogP contribution is -2.65. The quantitative estimate of drug-likeness (QED) is 0.190. The Balaban J connectivity index is 1.11. The zero-order valence-electron chi connectivity index (χ0n) is 29.6. The van der Waals surface area contributed by atoms with E-state index in [1.807, 2.05) is 36.4 Å². The van der Waals surface area contributed by atoms with E-state index in [1.165, 1.54) is 6.08 Å². The number of fused-ring (bicyclic) bond motifs is 2. The number of likely N-dealkylation sites (tertiary alicyclic amines) is 1. The molecule has 7 fully saturated rings. The Morgan fingerprint density at radius 1 is 1.16 bits per heavy atom. The van der Waals surface area contributed by atoms with Gasteiger partial charge in [0.1, 0.15) is 11.6 Å². The highest BCUT2D eigenvalue weighted by Gasteiger charge is 2.69. The molecule has 2 amide bonds. The minimum Gasteiger partial charge on any atom is -0.423 e. The number of carbonyl (C=O) groups is 2. The average Bonchev–Trinajstić information content (AvgIpc) is 3.81. The van der Waals surface area contributed by atoms with Crippen LogP contribution in [-0.2, 0) is 25.3 Å². The molecule has 4 heterocycles. The number of amides is 2. The fraction of sp³-hybridized carbons (Fsp3) is 0.703. The smallest absolute Gasteiger partial charge is 0.423 e. The molecule has 5 atom stereocenters. The molecule has 12 heteroatoms. The van der Waals surface area contributed by atoms with Crippen LogP contribution in [0.15, 0.2) is 42.0 Å². The van der Waals surface area contributed by atoms with Gasteiger partial charge < -0.3 is 18.9 Å². The number of hydrogen-bond acceptors (Lipinski definition) is 7. The summed E-state index contributed by atoms with van der Waals surface area (Å²) in [6, 6.07) is 11.8. The van der Waals surface area contributed by atoms with E-state index in [0.717, 1.165) is 18.4 Å². The van der Waals surface area contributed by atoms with Gasteiger partial charge in [0.2, 0.25) is 0 Å². The number of alkyl halides is 2. The van der Waals surface area contributed by atoms with E-state index in [4.69, 9.17) is 14.0 Å². The van der Waals surface area contributed by atoms with Crippen molar-refractivity contribution in [3.05, 3.63) is 47.5 Å². The van der Waals surface area contributed by atoms with Gasteiger partial charge in [-0.25, -0.2) is 13.6 Å². The number of likely N-dealkylation sites (N-methyl/N-ethyl adjacent to an activating group) is 1. The van der Waals surface area contributed by atoms with Gasteiger partial charge in [0.05, 0.1) is 24.2 Å². The van der Waals surface area contributed by atoms with Crippen molar-refractivity contribution in [2.75, 3.05) is 20.1 Å². The van der Waals surface area contributed by atoms with Crippen molar-refractivity contribution in [2.45, 2.75) is 127 Å². The molecule has 3 saturated carbocycles. The molecule has 3 aliphatic carbocycles. The van der Waals surface area contributed by atoms with Crippen LogP contribution in [0, 0.1) is 28.6 Å². The maximum atomic E-state index is 14.2. The van der Waals surface area contributed by atoms with Crippen molar-refractivity contribution in [1.82, 2.24) is 14.7 Å². The van der Waals surface area contributed by atoms with Crippen LogP contribution < -0.4 is 0 Å². The topological polar surface area (TPSA) is 95.3 Å². The fourth-order valence-electron chi connectivity index (χ4n) is 10.0. The summed E-state index contributed by atoms with van der Waals surface area (Å²) in [6.45, 7) is 10.0. The highest BCUT2D eigenvalue weighted by Crippen LogP contribution is 2.66. The van der Waals surface area contributed by atoms with Crippen LogP contribution in [0.4, 0.5) is 13.6 Å². The van der Waals surface area contributed by atoms with Gasteiger partial charge in [0.25, 0.3) is 11.8 Å². The van der Waals surface area contributed by atoms with Crippen LogP contribution in [0.25, 0.3) is 0 Å². The van der Waals surface area contributed by atoms with E-state index in [9.17, 15) is 23.6 Å². The predicted octanol–water partition coefficient (Wildman–Crippen LogP) is 5.98. The van der Waals surface area contributed by atoms with Crippen LogP contribution in [0.3, 0.4) is 0 Å². The molecule has 49 heavy (non-hydrogen) atoms. The third kappa shape index (κ3) is 5.68. The zero-order valence-corrected chi connectivity index (χ0v) is 29.6. The maximum Gasteiger partial charge on any atom is 0.482 e. The number of carbonyl (C=O) groups excluding carboxylic acids is 2. The molecule has 264 valence electrons. The SMILES string of the molecule is CN(C(=O)OC12CCC(CC1)N2C(=O)C(C#N)=CC(C)(C)N1CCC(F)(F)C1)[C@@H](Cc1ccccc1)B1O[C@@H]2C[C@@H]3C[C@@H](C3(C)C)[C@]2(C)O1. The largest absolute Gasteiger partial charge is 0.482 e. The van der Waals surface area contributed by atoms with Crippen molar-refractivity contribution in [3.63, 3.8) is 0 Å². The Morgan fingerprint density at radius 2 is 1.86 bits per heavy atom. The summed E-state index contributed by atoms with van der Waals surface area (Å²) in [6.07, 6.45) is 5.33. The Kier molecular flexibility index (Phi) is 8.28. The Hall–Kier alpha value is -3.01. The van der Waals surface area contributed by atoms with E-state index in [0.29, 0.717) is 43.9 Å². The van der Waals surface area contributed by atoms with Gasteiger partial charge in [-0.15, -0.1) is 0 Å². The van der Waals surface area contributed by atoms with Crippen LogP contribution in [0.1, 0.15) is 85.1 Å². The molecule has 7 aliphatic rings. The molecule has 0 N–H and O–H groups in total. The monoisotopic (exact) mass is 678 g/mol. The average molecular weight is 679 g/mol. The first-order valence-electron chi connectivity index (χ1n) is 17.9. The van der Waals surface area contributed by atoms with Crippen molar-refractivity contribution < 1.29 is 32.4 Å². The number of ether oxygens (including phenoxy) is 1. The molecule has 0 spiro atoms. The second-order valence-electron chi connectivity index (χ2n) is 16.8. The highest BCUT2D eigenvalue weighted by molar-refractivity contribution is 6.47. The molecule has 8 rings (SSSR count). The Morgan fingerprint density at radius 3 is 2.47 bits per heavy atom. The van der Waals surface area contributed by atoms with Crippen LogP contribution in [0.5, 0.6) is 0 Å². The summed E-state index contributed by atoms with van der Waals surface area (Å²) >= 11 is 0. The van der Waals surface area contributed by atoms with Crippen molar-refractivity contribution in [3.8, 4) is 6.07 Å². The lowest BCUT2D eigenvalue weighted by molar-refractivity contribution is -0.199. The van der Waals surface area contributed by atoms with Crippen LogP contribution >= 0.6 is 0 Å². The Bertz CT molecular complexity index is 1560. The first-order chi connectivity index (χ1) is 23.0. The van der Waals surface area contributed by atoms with Crippen molar-refractivity contribution in [1.29, 1.82) is 5.26 Å². The van der Waals surface area contributed by atoms with E-state index < -0.39 is 54.4 Å². The number of nitrogens with zero attached hydrogens (tertiary/aromatic N) is 4. The first-order valence-corrected chi connectivity index (χ1v) is 17.9. The van der Waals surface area contributed by atoms with Gasteiger partial charge >= 0.3 is 13.2 Å². The first kappa shape index (κ1) is 34.4. The molecule has 0 unspecified atom stereocenters. The summed E-state index contributed by atoms with van der Waals surface area (Å²) < 4.78 is 48.0. The molecule has 4 bridgehead atoms. The highest BCUT2D eigenvalue weighted by atomic mass is 19.3. The summed E-state index contributed by atoms with van der Waals surface area (Å²) in [7, 11) is 1.04. The molecule has 4 saturated heterocycles. The van der Waals surface area contributed by atoms with Crippen molar-refractivity contribution in [2.24, 2.45) is 17.3 Å². The zero-order chi connectivity index (χ0) is 35.1. The predicted molar refractivity (Wildman–Crippen MR) is 179 cm³/mol. The van der Waals surface area contributed by atoms with Crippen LogP contribution in [-0.4, -0.2) is 94.8 Å². The van der Waals surface area contributed by atoms with E-state index in [1.54, 1.807) is 35.6 Å². The summed E-state index contributed by atoms with van der Waals surface area (Å²) in [5.74, 6) is -2.88. The summed E-state index contributed by atoms with van der Waals surface area (Å²) in [5.41, 5.74) is -1.52. The van der Waals surface area contributed by atoms with E-state index >= 15 is 0 Å². The molecular formula is C37H49BF2N4O5. The van der Waals surface area contributed by atoms with Crippen LogP contribution in [0.2, 0.25) is 0 Å². The van der Waals surface area contributed by atoms with E-state index in [-0.39, 0.29) is 36.1 Å². The molecule has 4 aliphatic heterocycles. The van der Waals surface area contributed by atoms with Gasteiger partial charge in [-0.05, 0) is 81.8 Å². The molecule has 9 nitrogen and oxygen atoms in total. The standard InChI is InChI=1S/C37H49BF2N4O5/c1-33(2,43-17-16-36(39,40)23-43)21-25(22-41)31(45)44-27-12-14-37(44,15-13-27)47-32(46)42(6)30(18-24-10-8-7-9-11-24)38-48-29-20-26-19-28(34(26,3)4)35(29,5)49-38/h7-11,21,26-30H,12-20,23H2,1-6H3/t26-,27?,28-,29+,30-,35-,37?/m0/s1. The minimum absolute atomic E-state index is 0.0543. The lowest BCUT2D eigenvalue weighted by Gasteiger charge is -2.64. The molecule has 0 radical (unpaired) electrons. The second kappa shape index (κ2) is 11.8. The lowest BCUT2D eigenvalue weighted by atomic mass is 9.43. The Labute approximate surface area is 289 Å². The maximum absolute atomic E-state index is 14.2.